The summed E-state index contributed by atoms with van der Waals surface area (Å²) in [6, 6.07) is 16.2. The van der Waals surface area contributed by atoms with Crippen molar-refractivity contribution < 1.29 is 0 Å². The highest BCUT2D eigenvalue weighted by molar-refractivity contribution is 5.66. The van der Waals surface area contributed by atoms with E-state index >= 15 is 0 Å². The van der Waals surface area contributed by atoms with Gasteiger partial charge >= 0.3 is 0 Å². The molecule has 0 aliphatic carbocycles. The van der Waals surface area contributed by atoms with Gasteiger partial charge < -0.3 is 5.32 Å². The van der Waals surface area contributed by atoms with Gasteiger partial charge in [-0.2, -0.15) is 0 Å². The molecule has 1 heteroatoms. The summed E-state index contributed by atoms with van der Waals surface area (Å²) in [6.07, 6.45) is 2.21. The zero-order chi connectivity index (χ0) is 15.2. The van der Waals surface area contributed by atoms with Crippen molar-refractivity contribution in [3.63, 3.8) is 0 Å². The Labute approximate surface area is 129 Å². The van der Waals surface area contributed by atoms with Crippen LogP contribution in [0.1, 0.15) is 50.4 Å². The van der Waals surface area contributed by atoms with Gasteiger partial charge in [-0.25, -0.2) is 0 Å². The summed E-state index contributed by atoms with van der Waals surface area (Å²) >= 11 is 0. The van der Waals surface area contributed by atoms with Crippen molar-refractivity contribution in [3.05, 3.63) is 59.2 Å². The van der Waals surface area contributed by atoms with Crippen molar-refractivity contribution in [1.82, 2.24) is 5.32 Å². The monoisotopic (exact) mass is 281 g/mol. The molecule has 112 valence electrons. The zero-order valence-electron chi connectivity index (χ0n) is 13.7. The van der Waals surface area contributed by atoms with Crippen molar-refractivity contribution in [2.45, 2.75) is 46.6 Å². The van der Waals surface area contributed by atoms with Gasteiger partial charge in [0.05, 0.1) is 0 Å². The van der Waals surface area contributed by atoms with Crippen molar-refractivity contribution in [3.8, 4) is 11.1 Å². The van der Waals surface area contributed by atoms with Crippen LogP contribution in [0.5, 0.6) is 0 Å². The number of hydrogen-bond acceptors (Lipinski definition) is 1. The molecule has 0 fully saturated rings. The van der Waals surface area contributed by atoms with Crippen molar-refractivity contribution in [1.29, 1.82) is 0 Å². The number of aryl methyl sites for hydroxylation is 2. The molecule has 2 rings (SSSR count). The van der Waals surface area contributed by atoms with Gasteiger partial charge in [0.25, 0.3) is 0 Å². The minimum Gasteiger partial charge on any atom is -0.310 e. The molecule has 1 atom stereocenters. The Morgan fingerprint density at radius 3 is 2.24 bits per heavy atom. The maximum Gasteiger partial charge on any atom is 0.0291 e. The van der Waals surface area contributed by atoms with E-state index in [9.17, 15) is 0 Å². The molecule has 0 amide bonds. The maximum absolute atomic E-state index is 3.48. The maximum atomic E-state index is 3.48. The first-order valence-electron chi connectivity index (χ1n) is 8.15. The highest BCUT2D eigenvalue weighted by Gasteiger charge is 2.07. The molecular weight excluding hydrogens is 254 g/mol. The van der Waals surface area contributed by atoms with Crippen LogP contribution in [-0.4, -0.2) is 6.54 Å². The highest BCUT2D eigenvalue weighted by Crippen LogP contribution is 2.26. The standard InChI is InChI=1S/C20H27N/c1-5-16-11-12-20(13-17(16)6-2)19-10-8-9-18(14-19)15(4)21-7-3/h8-15,21H,5-7H2,1-4H3. The van der Waals surface area contributed by atoms with Crippen LogP contribution in [0.4, 0.5) is 0 Å². The molecule has 0 spiro atoms. The zero-order valence-corrected chi connectivity index (χ0v) is 13.7. The van der Waals surface area contributed by atoms with Gasteiger partial charge in [0.2, 0.25) is 0 Å². The normalized spacial score (nSPS) is 12.4. The second-order valence-corrected chi connectivity index (χ2v) is 5.60. The lowest BCUT2D eigenvalue weighted by Crippen LogP contribution is -2.17. The predicted molar refractivity (Wildman–Crippen MR) is 92.7 cm³/mol. The van der Waals surface area contributed by atoms with Gasteiger partial charge in [0, 0.05) is 6.04 Å². The highest BCUT2D eigenvalue weighted by atomic mass is 14.9. The van der Waals surface area contributed by atoms with Crippen LogP contribution in [0, 0.1) is 0 Å². The molecule has 0 saturated heterocycles. The van der Waals surface area contributed by atoms with Crippen molar-refractivity contribution in [2.24, 2.45) is 0 Å². The number of rotatable bonds is 6. The quantitative estimate of drug-likeness (QED) is 0.772. The molecule has 21 heavy (non-hydrogen) atoms. The first-order chi connectivity index (χ1) is 10.2. The van der Waals surface area contributed by atoms with Crippen LogP contribution in [0.25, 0.3) is 11.1 Å². The fourth-order valence-corrected chi connectivity index (χ4v) is 2.89. The fourth-order valence-electron chi connectivity index (χ4n) is 2.89. The van der Waals surface area contributed by atoms with E-state index in [1.165, 1.54) is 27.8 Å². The summed E-state index contributed by atoms with van der Waals surface area (Å²) in [5.74, 6) is 0. The lowest BCUT2D eigenvalue weighted by atomic mass is 9.95. The third kappa shape index (κ3) is 3.74. The lowest BCUT2D eigenvalue weighted by Gasteiger charge is -2.15. The van der Waals surface area contributed by atoms with Crippen LogP contribution >= 0.6 is 0 Å². The molecule has 0 aliphatic heterocycles. The van der Waals surface area contributed by atoms with Gasteiger partial charge in [0.15, 0.2) is 0 Å². The van der Waals surface area contributed by atoms with E-state index in [1.807, 2.05) is 0 Å². The first-order valence-corrected chi connectivity index (χ1v) is 8.15. The summed E-state index contributed by atoms with van der Waals surface area (Å²) in [5.41, 5.74) is 6.94. The minimum atomic E-state index is 0.399. The van der Waals surface area contributed by atoms with Crippen molar-refractivity contribution >= 4 is 0 Å². The van der Waals surface area contributed by atoms with Crippen LogP contribution < -0.4 is 5.32 Å². The largest absolute Gasteiger partial charge is 0.310 e. The summed E-state index contributed by atoms with van der Waals surface area (Å²) < 4.78 is 0. The van der Waals surface area contributed by atoms with E-state index in [0.717, 1.165) is 19.4 Å². The molecular formula is C20H27N. The molecule has 0 heterocycles. The molecule has 0 aromatic heterocycles. The Bertz CT molecular complexity index is 586. The molecule has 1 unspecified atom stereocenters. The van der Waals surface area contributed by atoms with Gasteiger partial charge in [-0.05, 0) is 60.2 Å². The SMILES string of the molecule is CCNC(C)c1cccc(-c2ccc(CC)c(CC)c2)c1. The molecule has 1 nitrogen and oxygen atoms in total. The summed E-state index contributed by atoms with van der Waals surface area (Å²) in [7, 11) is 0. The molecule has 1 N–H and O–H groups in total. The number of benzene rings is 2. The Morgan fingerprint density at radius 2 is 1.57 bits per heavy atom. The molecule has 2 aromatic rings. The number of nitrogens with one attached hydrogen (secondary N) is 1. The van der Waals surface area contributed by atoms with Crippen LogP contribution in [0.3, 0.4) is 0 Å². The van der Waals surface area contributed by atoms with E-state index in [4.69, 9.17) is 0 Å². The average Bonchev–Trinajstić information content (AvgIpc) is 2.54. The molecule has 0 bridgehead atoms. The molecule has 0 aliphatic rings. The smallest absolute Gasteiger partial charge is 0.0291 e. The number of hydrogen-bond donors (Lipinski definition) is 1. The van der Waals surface area contributed by atoms with E-state index < -0.39 is 0 Å². The second-order valence-electron chi connectivity index (χ2n) is 5.60. The Kier molecular flexibility index (Phi) is 5.58. The summed E-state index contributed by atoms with van der Waals surface area (Å²) in [4.78, 5) is 0. The predicted octanol–water partition coefficient (Wildman–Crippen LogP) is 5.15. The van der Waals surface area contributed by atoms with E-state index in [1.54, 1.807) is 0 Å². The van der Waals surface area contributed by atoms with Gasteiger partial charge in [-0.1, -0.05) is 57.2 Å². The summed E-state index contributed by atoms with van der Waals surface area (Å²) in [5, 5.41) is 3.48. The topological polar surface area (TPSA) is 12.0 Å². The molecule has 0 radical (unpaired) electrons. The fraction of sp³-hybridized carbons (Fsp3) is 0.400. The Balaban J connectivity index is 2.36. The third-order valence-corrected chi connectivity index (χ3v) is 4.20. The second kappa shape index (κ2) is 7.42. The van der Waals surface area contributed by atoms with E-state index in [2.05, 4.69) is 75.5 Å². The van der Waals surface area contributed by atoms with Crippen LogP contribution in [-0.2, 0) is 12.8 Å². The Morgan fingerprint density at radius 1 is 0.857 bits per heavy atom. The average molecular weight is 281 g/mol. The summed E-state index contributed by atoms with van der Waals surface area (Å²) in [6.45, 7) is 9.84. The Hall–Kier alpha value is -1.60. The molecule has 0 saturated carbocycles. The minimum absolute atomic E-state index is 0.399. The van der Waals surface area contributed by atoms with Crippen molar-refractivity contribution in [2.75, 3.05) is 6.54 Å². The van der Waals surface area contributed by atoms with Gasteiger partial charge in [0.1, 0.15) is 0 Å². The lowest BCUT2D eigenvalue weighted by molar-refractivity contribution is 0.598. The van der Waals surface area contributed by atoms with E-state index in [-0.39, 0.29) is 0 Å². The van der Waals surface area contributed by atoms with E-state index in [0.29, 0.717) is 6.04 Å². The van der Waals surface area contributed by atoms with Gasteiger partial charge in [-0.3, -0.25) is 0 Å². The third-order valence-electron chi connectivity index (χ3n) is 4.20. The van der Waals surface area contributed by atoms with Crippen LogP contribution in [0.2, 0.25) is 0 Å². The first kappa shape index (κ1) is 15.8. The molecule has 2 aromatic carbocycles. The van der Waals surface area contributed by atoms with Gasteiger partial charge in [-0.15, -0.1) is 0 Å². The van der Waals surface area contributed by atoms with Crippen LogP contribution in [0.15, 0.2) is 42.5 Å².